The van der Waals surface area contributed by atoms with Crippen molar-refractivity contribution in [3.05, 3.63) is 28.8 Å². The third kappa shape index (κ3) is 3.22. The summed E-state index contributed by atoms with van der Waals surface area (Å²) in [6, 6.07) is 4.71. The maximum atomic E-state index is 12.2. The summed E-state index contributed by atoms with van der Waals surface area (Å²) in [4.78, 5) is 10.4. The molecule has 1 rings (SSSR count). The van der Waals surface area contributed by atoms with Gasteiger partial charge in [0.15, 0.2) is 0 Å². The van der Waals surface area contributed by atoms with Gasteiger partial charge in [0.1, 0.15) is 4.90 Å². The van der Waals surface area contributed by atoms with E-state index in [1.165, 1.54) is 13.1 Å². The van der Waals surface area contributed by atoms with Gasteiger partial charge in [0.25, 0.3) is 0 Å². The predicted molar refractivity (Wildman–Crippen MR) is 68.3 cm³/mol. The van der Waals surface area contributed by atoms with Crippen LogP contribution in [0, 0.1) is 6.92 Å². The zero-order valence-corrected chi connectivity index (χ0v) is 11.6. The number of benzene rings is 1. The molecule has 0 saturated heterocycles. The minimum absolute atomic E-state index is 0.00273. The van der Waals surface area contributed by atoms with Gasteiger partial charge in [0.2, 0.25) is 10.0 Å². The summed E-state index contributed by atoms with van der Waals surface area (Å²) in [7, 11) is -2.42. The number of halogens is 1. The molecule has 100 valence electrons. The Kier molecular flexibility index (Phi) is 4.72. The number of rotatable bonds is 5. The molecule has 0 bridgehead atoms. The van der Waals surface area contributed by atoms with Crippen molar-refractivity contribution in [2.24, 2.45) is 0 Å². The van der Waals surface area contributed by atoms with E-state index in [-0.39, 0.29) is 22.9 Å². The minimum atomic E-state index is -3.75. The molecule has 0 saturated carbocycles. The maximum Gasteiger partial charge on any atom is 0.304 e. The quantitative estimate of drug-likeness (QED) is 0.897. The summed E-state index contributed by atoms with van der Waals surface area (Å²) in [6.07, 6.45) is -0.251. The lowest BCUT2D eigenvalue weighted by Crippen LogP contribution is -2.29. The van der Waals surface area contributed by atoms with Crippen molar-refractivity contribution in [1.82, 2.24) is 4.31 Å². The fourth-order valence-electron chi connectivity index (χ4n) is 1.36. The van der Waals surface area contributed by atoms with E-state index in [0.717, 1.165) is 4.31 Å². The monoisotopic (exact) mass is 291 g/mol. The molecule has 0 radical (unpaired) electrons. The zero-order valence-electron chi connectivity index (χ0n) is 10.1. The van der Waals surface area contributed by atoms with Gasteiger partial charge >= 0.3 is 5.97 Å². The van der Waals surface area contributed by atoms with Crippen molar-refractivity contribution in [1.29, 1.82) is 0 Å². The van der Waals surface area contributed by atoms with Gasteiger partial charge in [-0.25, -0.2) is 12.7 Å². The van der Waals surface area contributed by atoms with E-state index in [0.29, 0.717) is 5.56 Å². The Bertz CT molecular complexity index is 556. The van der Waals surface area contributed by atoms with Gasteiger partial charge in [-0.3, -0.25) is 4.79 Å². The summed E-state index contributed by atoms with van der Waals surface area (Å²) in [6.45, 7) is 1.61. The van der Waals surface area contributed by atoms with Crippen LogP contribution in [-0.2, 0) is 14.8 Å². The van der Waals surface area contributed by atoms with Gasteiger partial charge in [0.05, 0.1) is 11.4 Å². The van der Waals surface area contributed by atoms with E-state index in [1.54, 1.807) is 19.1 Å². The van der Waals surface area contributed by atoms with Crippen molar-refractivity contribution in [3.8, 4) is 0 Å². The predicted octanol–water partition coefficient (Wildman–Crippen LogP) is 1.74. The summed E-state index contributed by atoms with van der Waals surface area (Å²) in [5.74, 6) is -1.05. The molecule has 0 atom stereocenters. The first kappa shape index (κ1) is 14.9. The van der Waals surface area contributed by atoms with Gasteiger partial charge in [-0.2, -0.15) is 0 Å². The number of aryl methyl sites for hydroxylation is 1. The Morgan fingerprint density at radius 3 is 2.61 bits per heavy atom. The standard InChI is InChI=1S/C11H14ClNO4S/c1-8-4-3-5-9(11(8)12)18(16,17)13(2)7-6-10(14)15/h3-5H,6-7H2,1-2H3,(H,14,15). The highest BCUT2D eigenvalue weighted by Crippen LogP contribution is 2.26. The second-order valence-electron chi connectivity index (χ2n) is 3.86. The van der Waals surface area contributed by atoms with Crippen molar-refractivity contribution < 1.29 is 18.3 Å². The van der Waals surface area contributed by atoms with Gasteiger partial charge in [-0.15, -0.1) is 0 Å². The Hall–Kier alpha value is -1.11. The van der Waals surface area contributed by atoms with Crippen LogP contribution in [0.25, 0.3) is 0 Å². The number of carbonyl (C=O) groups is 1. The number of sulfonamides is 1. The first-order valence-electron chi connectivity index (χ1n) is 5.20. The van der Waals surface area contributed by atoms with Gasteiger partial charge in [-0.1, -0.05) is 23.7 Å². The number of carboxylic acids is 1. The third-order valence-corrected chi connectivity index (χ3v) is 5.00. The van der Waals surface area contributed by atoms with E-state index < -0.39 is 16.0 Å². The summed E-state index contributed by atoms with van der Waals surface area (Å²) < 4.78 is 25.3. The van der Waals surface area contributed by atoms with Crippen LogP contribution in [0.4, 0.5) is 0 Å². The Morgan fingerprint density at radius 2 is 2.06 bits per heavy atom. The Balaban J connectivity index is 3.06. The summed E-state index contributed by atoms with van der Waals surface area (Å²) in [5.41, 5.74) is 0.657. The van der Waals surface area contributed by atoms with Gasteiger partial charge in [0, 0.05) is 13.6 Å². The largest absolute Gasteiger partial charge is 0.481 e. The van der Waals surface area contributed by atoms with Crippen molar-refractivity contribution in [2.75, 3.05) is 13.6 Å². The van der Waals surface area contributed by atoms with Crippen LogP contribution in [0.3, 0.4) is 0 Å². The molecule has 1 aromatic rings. The maximum absolute atomic E-state index is 12.2. The minimum Gasteiger partial charge on any atom is -0.481 e. The first-order chi connectivity index (χ1) is 8.26. The van der Waals surface area contributed by atoms with Crippen molar-refractivity contribution >= 4 is 27.6 Å². The van der Waals surface area contributed by atoms with Crippen LogP contribution in [0.2, 0.25) is 5.02 Å². The molecule has 7 heteroatoms. The molecule has 0 heterocycles. The molecule has 1 N–H and O–H groups in total. The van der Waals surface area contributed by atoms with Gasteiger partial charge < -0.3 is 5.11 Å². The Labute approximate surface area is 111 Å². The van der Waals surface area contributed by atoms with E-state index in [4.69, 9.17) is 16.7 Å². The van der Waals surface area contributed by atoms with E-state index in [9.17, 15) is 13.2 Å². The van der Waals surface area contributed by atoms with Crippen LogP contribution in [0.1, 0.15) is 12.0 Å². The van der Waals surface area contributed by atoms with Crippen LogP contribution in [-0.4, -0.2) is 37.4 Å². The molecule has 0 aliphatic heterocycles. The fraction of sp³-hybridized carbons (Fsp3) is 0.364. The van der Waals surface area contributed by atoms with Crippen molar-refractivity contribution in [3.63, 3.8) is 0 Å². The van der Waals surface area contributed by atoms with Crippen LogP contribution < -0.4 is 0 Å². The SMILES string of the molecule is Cc1cccc(S(=O)(=O)N(C)CCC(=O)O)c1Cl. The zero-order chi connectivity index (χ0) is 13.9. The molecule has 0 aliphatic rings. The molecule has 0 amide bonds. The summed E-state index contributed by atoms with van der Waals surface area (Å²) >= 11 is 5.96. The highest BCUT2D eigenvalue weighted by Gasteiger charge is 2.24. The van der Waals surface area contributed by atoms with E-state index in [1.807, 2.05) is 0 Å². The van der Waals surface area contributed by atoms with Crippen LogP contribution in [0.15, 0.2) is 23.1 Å². The average molecular weight is 292 g/mol. The average Bonchev–Trinajstić information content (AvgIpc) is 2.29. The second kappa shape index (κ2) is 5.69. The third-order valence-electron chi connectivity index (χ3n) is 2.49. The molecule has 5 nitrogen and oxygen atoms in total. The normalized spacial score (nSPS) is 11.8. The lowest BCUT2D eigenvalue weighted by molar-refractivity contribution is -0.137. The first-order valence-corrected chi connectivity index (χ1v) is 7.02. The molecule has 0 unspecified atom stereocenters. The topological polar surface area (TPSA) is 74.7 Å². The number of hydrogen-bond acceptors (Lipinski definition) is 3. The number of hydrogen-bond donors (Lipinski definition) is 1. The fourth-order valence-corrected chi connectivity index (χ4v) is 3.08. The lowest BCUT2D eigenvalue weighted by Gasteiger charge is -2.17. The lowest BCUT2D eigenvalue weighted by atomic mass is 10.2. The molecular formula is C11H14ClNO4S. The van der Waals surface area contributed by atoms with Crippen molar-refractivity contribution in [2.45, 2.75) is 18.2 Å². The number of aliphatic carboxylic acids is 1. The molecule has 0 aliphatic carbocycles. The molecule has 0 fully saturated rings. The molecule has 1 aromatic carbocycles. The summed E-state index contributed by atoms with van der Waals surface area (Å²) in [5, 5.41) is 8.72. The molecule has 0 spiro atoms. The van der Waals surface area contributed by atoms with Crippen LogP contribution >= 0.6 is 11.6 Å². The smallest absolute Gasteiger partial charge is 0.304 e. The van der Waals surface area contributed by atoms with Gasteiger partial charge in [-0.05, 0) is 18.6 Å². The highest BCUT2D eigenvalue weighted by atomic mass is 35.5. The number of carboxylic acid groups (broad SMARTS) is 1. The molecule has 18 heavy (non-hydrogen) atoms. The Morgan fingerprint density at radius 1 is 1.44 bits per heavy atom. The molecular weight excluding hydrogens is 278 g/mol. The van der Waals surface area contributed by atoms with E-state index >= 15 is 0 Å². The van der Waals surface area contributed by atoms with Crippen LogP contribution in [0.5, 0.6) is 0 Å². The number of nitrogens with zero attached hydrogens (tertiary/aromatic N) is 1. The second-order valence-corrected chi connectivity index (χ2v) is 6.25. The van der Waals surface area contributed by atoms with E-state index in [2.05, 4.69) is 0 Å². The highest BCUT2D eigenvalue weighted by molar-refractivity contribution is 7.89. The molecule has 0 aromatic heterocycles.